The van der Waals surface area contributed by atoms with Gasteiger partial charge in [0.15, 0.2) is 0 Å². The highest BCUT2D eigenvalue weighted by molar-refractivity contribution is 6.02. The Labute approximate surface area is 90.7 Å². The lowest BCUT2D eigenvalue weighted by molar-refractivity contribution is -0.141. The SMILES string of the molecule is FC(F)(F)CC1CON=C1c1ccccc1. The fourth-order valence-electron chi connectivity index (χ4n) is 1.68. The van der Waals surface area contributed by atoms with E-state index in [-0.39, 0.29) is 6.61 Å². The molecule has 1 heterocycles. The molecule has 1 aliphatic rings. The number of hydrogen-bond donors (Lipinski definition) is 0. The van der Waals surface area contributed by atoms with E-state index in [0.717, 1.165) is 0 Å². The summed E-state index contributed by atoms with van der Waals surface area (Å²) in [6.45, 7) is 0.00371. The van der Waals surface area contributed by atoms with E-state index in [2.05, 4.69) is 5.16 Å². The molecule has 0 aromatic heterocycles. The normalized spacial score (nSPS) is 20.4. The molecule has 0 fully saturated rings. The quantitative estimate of drug-likeness (QED) is 0.763. The van der Waals surface area contributed by atoms with E-state index in [4.69, 9.17) is 4.84 Å². The van der Waals surface area contributed by atoms with Crippen LogP contribution in [0.5, 0.6) is 0 Å². The highest BCUT2D eigenvalue weighted by Gasteiger charge is 2.37. The molecule has 1 aromatic carbocycles. The minimum absolute atomic E-state index is 0.00371. The molecule has 1 atom stereocenters. The van der Waals surface area contributed by atoms with Crippen molar-refractivity contribution >= 4 is 5.71 Å². The molecule has 0 saturated heterocycles. The van der Waals surface area contributed by atoms with Gasteiger partial charge in [0.05, 0.1) is 18.1 Å². The van der Waals surface area contributed by atoms with Crippen LogP contribution < -0.4 is 0 Å². The predicted octanol–water partition coefficient (Wildman–Crippen LogP) is 2.99. The number of hydrogen-bond acceptors (Lipinski definition) is 2. The Morgan fingerprint density at radius 1 is 1.25 bits per heavy atom. The molecule has 86 valence electrons. The molecule has 0 amide bonds. The fourth-order valence-corrected chi connectivity index (χ4v) is 1.68. The van der Waals surface area contributed by atoms with Crippen molar-refractivity contribution in [1.82, 2.24) is 0 Å². The second kappa shape index (κ2) is 4.15. The summed E-state index contributed by atoms with van der Waals surface area (Å²) >= 11 is 0. The van der Waals surface area contributed by atoms with Gasteiger partial charge in [-0.15, -0.1) is 0 Å². The monoisotopic (exact) mass is 229 g/mol. The summed E-state index contributed by atoms with van der Waals surface area (Å²) in [6, 6.07) is 8.80. The van der Waals surface area contributed by atoms with Crippen LogP contribution in [0.1, 0.15) is 12.0 Å². The third-order valence-corrected chi connectivity index (χ3v) is 2.37. The summed E-state index contributed by atoms with van der Waals surface area (Å²) < 4.78 is 36.9. The highest BCUT2D eigenvalue weighted by atomic mass is 19.4. The zero-order valence-electron chi connectivity index (χ0n) is 8.37. The lowest BCUT2D eigenvalue weighted by Crippen LogP contribution is -2.22. The number of oxime groups is 1. The summed E-state index contributed by atoms with van der Waals surface area (Å²) in [5, 5.41) is 3.69. The zero-order valence-corrected chi connectivity index (χ0v) is 8.37. The molecule has 0 saturated carbocycles. The lowest BCUT2D eigenvalue weighted by atomic mass is 9.95. The van der Waals surface area contributed by atoms with Crippen LogP contribution in [0.15, 0.2) is 35.5 Å². The molecule has 0 bridgehead atoms. The van der Waals surface area contributed by atoms with Crippen LogP contribution in [0.4, 0.5) is 13.2 Å². The van der Waals surface area contributed by atoms with Crippen LogP contribution in [-0.2, 0) is 4.84 Å². The smallest absolute Gasteiger partial charge is 0.389 e. The maximum atomic E-state index is 12.3. The second-order valence-corrected chi connectivity index (χ2v) is 3.65. The van der Waals surface area contributed by atoms with E-state index in [1.54, 1.807) is 30.3 Å². The van der Waals surface area contributed by atoms with Crippen molar-refractivity contribution in [3.8, 4) is 0 Å². The Kier molecular flexibility index (Phi) is 2.85. The molecule has 0 N–H and O–H groups in total. The highest BCUT2D eigenvalue weighted by Crippen LogP contribution is 2.30. The van der Waals surface area contributed by atoms with E-state index in [9.17, 15) is 13.2 Å². The summed E-state index contributed by atoms with van der Waals surface area (Å²) in [5.74, 6) is -0.692. The summed E-state index contributed by atoms with van der Waals surface area (Å²) in [6.07, 6.45) is -5.07. The minimum atomic E-state index is -4.19. The van der Waals surface area contributed by atoms with Gasteiger partial charge in [0.25, 0.3) is 0 Å². The number of rotatable bonds is 2. The zero-order chi connectivity index (χ0) is 11.6. The first kappa shape index (κ1) is 11.0. The average Bonchev–Trinajstić information content (AvgIpc) is 2.64. The maximum Gasteiger partial charge on any atom is 0.389 e. The van der Waals surface area contributed by atoms with Crippen LogP contribution in [0.25, 0.3) is 0 Å². The standard InChI is InChI=1S/C11H10F3NO/c12-11(13,14)6-9-7-16-15-10(9)8-4-2-1-3-5-8/h1-5,9H,6-7H2. The van der Waals surface area contributed by atoms with Gasteiger partial charge in [-0.25, -0.2) is 0 Å². The Morgan fingerprint density at radius 2 is 1.94 bits per heavy atom. The molecule has 5 heteroatoms. The van der Waals surface area contributed by atoms with Crippen molar-refractivity contribution in [2.75, 3.05) is 6.61 Å². The van der Waals surface area contributed by atoms with Gasteiger partial charge in [-0.05, 0) is 5.56 Å². The van der Waals surface area contributed by atoms with Crippen LogP contribution in [-0.4, -0.2) is 18.5 Å². The van der Waals surface area contributed by atoms with E-state index in [1.165, 1.54) is 0 Å². The predicted molar refractivity (Wildman–Crippen MR) is 53.1 cm³/mol. The third kappa shape index (κ3) is 2.53. The van der Waals surface area contributed by atoms with Gasteiger partial charge in [0.1, 0.15) is 6.61 Å². The molecule has 2 nitrogen and oxygen atoms in total. The van der Waals surface area contributed by atoms with Gasteiger partial charge in [-0.1, -0.05) is 35.5 Å². The van der Waals surface area contributed by atoms with Crippen molar-refractivity contribution < 1.29 is 18.0 Å². The first-order valence-corrected chi connectivity index (χ1v) is 4.88. The molecule has 1 aliphatic heterocycles. The molecule has 16 heavy (non-hydrogen) atoms. The van der Waals surface area contributed by atoms with Crippen molar-refractivity contribution in [1.29, 1.82) is 0 Å². The van der Waals surface area contributed by atoms with Crippen LogP contribution >= 0.6 is 0 Å². The van der Waals surface area contributed by atoms with Gasteiger partial charge in [0, 0.05) is 0 Å². The van der Waals surface area contributed by atoms with Gasteiger partial charge in [0.2, 0.25) is 0 Å². The molecule has 0 aliphatic carbocycles. The van der Waals surface area contributed by atoms with Crippen LogP contribution in [0.2, 0.25) is 0 Å². The largest absolute Gasteiger partial charge is 0.395 e. The molecule has 1 aromatic rings. The first-order chi connectivity index (χ1) is 7.56. The number of alkyl halides is 3. The fraction of sp³-hybridized carbons (Fsp3) is 0.364. The number of halogens is 3. The van der Waals surface area contributed by atoms with Crippen LogP contribution in [0.3, 0.4) is 0 Å². The molecular formula is C11H10F3NO. The van der Waals surface area contributed by atoms with E-state index in [0.29, 0.717) is 11.3 Å². The van der Waals surface area contributed by atoms with E-state index < -0.39 is 18.5 Å². The van der Waals surface area contributed by atoms with E-state index >= 15 is 0 Å². The average molecular weight is 229 g/mol. The molecule has 0 radical (unpaired) electrons. The maximum absolute atomic E-state index is 12.3. The molecule has 2 rings (SSSR count). The number of benzene rings is 1. The van der Waals surface area contributed by atoms with Crippen molar-refractivity contribution in [3.63, 3.8) is 0 Å². The van der Waals surface area contributed by atoms with Gasteiger partial charge in [-0.2, -0.15) is 13.2 Å². The lowest BCUT2D eigenvalue weighted by Gasteiger charge is -2.12. The minimum Gasteiger partial charge on any atom is -0.395 e. The molecule has 1 unspecified atom stereocenters. The molecule has 0 spiro atoms. The summed E-state index contributed by atoms with van der Waals surface area (Å²) in [7, 11) is 0. The second-order valence-electron chi connectivity index (χ2n) is 3.65. The third-order valence-electron chi connectivity index (χ3n) is 2.37. The first-order valence-electron chi connectivity index (χ1n) is 4.88. The topological polar surface area (TPSA) is 21.6 Å². The Hall–Kier alpha value is -1.52. The Morgan fingerprint density at radius 3 is 2.56 bits per heavy atom. The van der Waals surface area contributed by atoms with Gasteiger partial charge >= 0.3 is 6.18 Å². The summed E-state index contributed by atoms with van der Waals surface area (Å²) in [5.41, 5.74) is 1.08. The number of nitrogens with zero attached hydrogens (tertiary/aromatic N) is 1. The van der Waals surface area contributed by atoms with Crippen molar-refractivity contribution in [3.05, 3.63) is 35.9 Å². The molecular weight excluding hydrogens is 219 g/mol. The Balaban J connectivity index is 2.16. The summed E-state index contributed by atoms with van der Waals surface area (Å²) in [4.78, 5) is 4.76. The van der Waals surface area contributed by atoms with Crippen LogP contribution in [0, 0.1) is 5.92 Å². The van der Waals surface area contributed by atoms with E-state index in [1.807, 2.05) is 0 Å². The van der Waals surface area contributed by atoms with Gasteiger partial charge < -0.3 is 4.84 Å². The van der Waals surface area contributed by atoms with Crippen molar-refractivity contribution in [2.45, 2.75) is 12.6 Å². The Bertz CT molecular complexity index is 386. The van der Waals surface area contributed by atoms with Crippen molar-refractivity contribution in [2.24, 2.45) is 11.1 Å². The van der Waals surface area contributed by atoms with Gasteiger partial charge in [-0.3, -0.25) is 0 Å².